The van der Waals surface area contributed by atoms with Crippen molar-refractivity contribution >= 4 is 5.91 Å². The van der Waals surface area contributed by atoms with Crippen molar-refractivity contribution in [2.75, 3.05) is 13.2 Å². The molecule has 0 radical (unpaired) electrons. The molecule has 1 heterocycles. The monoisotopic (exact) mass is 1120 g/mol. The maximum atomic E-state index is 13.2. The molecule has 9 atom stereocenters. The number of carbonyl (C=O) groups is 1. The highest BCUT2D eigenvalue weighted by Crippen LogP contribution is 2.24. The van der Waals surface area contributed by atoms with Crippen LogP contribution in [-0.2, 0) is 14.3 Å². The summed E-state index contributed by atoms with van der Waals surface area (Å²) in [6.07, 6.45) is 60.8. The zero-order valence-corrected chi connectivity index (χ0v) is 51.4. The second-order valence-electron chi connectivity index (χ2n) is 23.9. The fourth-order valence-corrected chi connectivity index (χ4v) is 10.9. The van der Waals surface area contributed by atoms with Crippen LogP contribution in [-0.4, -0.2) is 110 Å². The van der Waals surface area contributed by atoms with E-state index in [1.807, 2.05) is 0 Å². The number of rotatable bonds is 59. The molecular formula is C68H129NO10. The van der Waals surface area contributed by atoms with E-state index in [0.717, 1.165) is 44.9 Å². The van der Waals surface area contributed by atoms with Crippen molar-refractivity contribution in [2.45, 2.75) is 377 Å². The Hall–Kier alpha value is -1.67. The average molecular weight is 1120 g/mol. The van der Waals surface area contributed by atoms with Gasteiger partial charge in [0.2, 0.25) is 5.91 Å². The highest BCUT2D eigenvalue weighted by molar-refractivity contribution is 5.80. The fourth-order valence-electron chi connectivity index (χ4n) is 10.9. The van der Waals surface area contributed by atoms with E-state index in [9.17, 15) is 40.5 Å². The smallest absolute Gasteiger partial charge is 0.249 e. The van der Waals surface area contributed by atoms with E-state index in [4.69, 9.17) is 9.47 Å². The number of aliphatic hydroxyl groups is 7. The number of carbonyl (C=O) groups excluding carboxylic acids is 1. The van der Waals surface area contributed by atoms with Gasteiger partial charge in [-0.25, -0.2) is 0 Å². The molecule has 1 amide bonds. The van der Waals surface area contributed by atoms with Gasteiger partial charge in [-0.1, -0.05) is 294 Å². The van der Waals surface area contributed by atoms with Gasteiger partial charge in [0.05, 0.1) is 25.4 Å². The second-order valence-corrected chi connectivity index (χ2v) is 23.9. The minimum atomic E-state index is -1.67. The molecule has 0 bridgehead atoms. The number of aliphatic hydroxyl groups excluding tert-OH is 7. The van der Waals surface area contributed by atoms with Crippen LogP contribution in [0.15, 0.2) is 36.5 Å². The van der Waals surface area contributed by atoms with Crippen molar-refractivity contribution in [3.63, 3.8) is 0 Å². The molecule has 0 aliphatic carbocycles. The Labute approximate surface area is 486 Å². The molecular weight excluding hydrogens is 991 g/mol. The molecule has 0 saturated carbocycles. The van der Waals surface area contributed by atoms with E-state index >= 15 is 0 Å². The number of allylic oxidation sites excluding steroid dienone is 6. The van der Waals surface area contributed by atoms with Crippen LogP contribution in [0.5, 0.6) is 0 Å². The lowest BCUT2D eigenvalue weighted by atomic mass is 9.98. The molecule has 8 N–H and O–H groups in total. The van der Waals surface area contributed by atoms with Crippen LogP contribution in [0.1, 0.15) is 322 Å². The minimum absolute atomic E-state index is 0.243. The quantitative estimate of drug-likeness (QED) is 0.0215. The van der Waals surface area contributed by atoms with Gasteiger partial charge in [-0.3, -0.25) is 4.79 Å². The normalized spacial score (nSPS) is 19.5. The lowest BCUT2D eigenvalue weighted by molar-refractivity contribution is -0.303. The van der Waals surface area contributed by atoms with Crippen molar-refractivity contribution in [3.8, 4) is 0 Å². The first-order valence-electron chi connectivity index (χ1n) is 33.9. The van der Waals surface area contributed by atoms with Crippen LogP contribution in [0.4, 0.5) is 0 Å². The Balaban J connectivity index is 2.25. The lowest BCUT2D eigenvalue weighted by Gasteiger charge is -2.40. The first kappa shape index (κ1) is 75.3. The summed E-state index contributed by atoms with van der Waals surface area (Å²) in [5.74, 6) is -0.707. The maximum absolute atomic E-state index is 13.2. The molecule has 11 heteroatoms. The van der Waals surface area contributed by atoms with Gasteiger partial charge in [-0.15, -0.1) is 0 Å². The summed E-state index contributed by atoms with van der Waals surface area (Å²) in [7, 11) is 0. The summed E-state index contributed by atoms with van der Waals surface area (Å²) < 4.78 is 11.2. The van der Waals surface area contributed by atoms with Gasteiger partial charge >= 0.3 is 0 Å². The predicted octanol–water partition coefficient (Wildman–Crippen LogP) is 15.8. The summed E-state index contributed by atoms with van der Waals surface area (Å²) in [6, 6.07) is -1.19. The van der Waals surface area contributed by atoms with Gasteiger partial charge in [0.15, 0.2) is 6.29 Å². The molecule has 11 nitrogen and oxygen atoms in total. The molecule has 0 aromatic rings. The molecule has 79 heavy (non-hydrogen) atoms. The maximum Gasteiger partial charge on any atom is 0.249 e. The molecule has 1 rings (SSSR count). The topological polar surface area (TPSA) is 189 Å². The summed E-state index contributed by atoms with van der Waals surface area (Å²) in [5.41, 5.74) is 0. The van der Waals surface area contributed by atoms with Gasteiger partial charge in [0, 0.05) is 0 Å². The molecule has 0 aromatic carbocycles. The van der Waals surface area contributed by atoms with Crippen LogP contribution in [0.2, 0.25) is 0 Å². The molecule has 1 aliphatic heterocycles. The highest BCUT2D eigenvalue weighted by Gasteiger charge is 2.44. The van der Waals surface area contributed by atoms with Crippen molar-refractivity contribution in [1.82, 2.24) is 5.32 Å². The van der Waals surface area contributed by atoms with Crippen molar-refractivity contribution in [2.24, 2.45) is 0 Å². The summed E-state index contributed by atoms with van der Waals surface area (Å²) in [5, 5.41) is 76.4. The van der Waals surface area contributed by atoms with E-state index in [1.165, 1.54) is 231 Å². The third-order valence-electron chi connectivity index (χ3n) is 16.4. The Morgan fingerprint density at radius 1 is 0.430 bits per heavy atom. The second kappa shape index (κ2) is 56.8. The van der Waals surface area contributed by atoms with E-state index < -0.39 is 74.2 Å². The zero-order chi connectivity index (χ0) is 57.5. The molecule has 1 aliphatic rings. The number of hydrogen-bond donors (Lipinski definition) is 8. The largest absolute Gasteiger partial charge is 0.394 e. The summed E-state index contributed by atoms with van der Waals surface area (Å²) in [6.45, 7) is 3.48. The first-order valence-corrected chi connectivity index (χ1v) is 33.9. The number of hydrogen-bond acceptors (Lipinski definition) is 10. The van der Waals surface area contributed by atoms with Gasteiger partial charge in [-0.2, -0.15) is 0 Å². The molecule has 1 fully saturated rings. The summed E-state index contributed by atoms with van der Waals surface area (Å²) >= 11 is 0. The number of unbranched alkanes of at least 4 members (excludes halogenated alkanes) is 41. The van der Waals surface area contributed by atoms with Crippen LogP contribution in [0.25, 0.3) is 0 Å². The fraction of sp³-hybridized carbons (Fsp3) is 0.897. The molecule has 0 spiro atoms. The molecule has 9 unspecified atom stereocenters. The Morgan fingerprint density at radius 2 is 0.759 bits per heavy atom. The van der Waals surface area contributed by atoms with Gasteiger partial charge in [0.1, 0.15) is 36.6 Å². The Kier molecular flexibility index (Phi) is 54.2. The Bertz CT molecular complexity index is 1380. The minimum Gasteiger partial charge on any atom is -0.394 e. The highest BCUT2D eigenvalue weighted by atomic mass is 16.7. The van der Waals surface area contributed by atoms with Crippen LogP contribution in [0, 0.1) is 0 Å². The Morgan fingerprint density at radius 3 is 1.13 bits per heavy atom. The third kappa shape index (κ3) is 44.5. The SMILES string of the molecule is CCCCCCCCCCCCCCCCCCCC/C=C/CC/C=C/CC/C=C/CCCC(O)C(O)C(COC1OC(CO)C(O)C(O)C1O)NC(=O)C(O)CCCCCCCCCCCCCCCCCCCCCCC. The standard InChI is InChI=1S/C68H129NO10/c1-3-5-7-9-11-13-15-17-19-21-23-25-26-27-28-29-30-31-32-33-34-36-37-39-41-43-45-47-49-51-53-55-60(71)63(73)59(58-78-68-66(76)65(75)64(74)62(57-70)79-68)69-67(77)61(72)56-54-52-50-48-46-44-42-40-38-35-24-22-20-18-16-14-12-10-8-6-4-2/h33-34,39,41,47,49,59-66,68,70-76H,3-32,35-38,40,42-46,48,50-58H2,1-2H3,(H,69,77)/b34-33+,41-39+,49-47+. The van der Waals surface area contributed by atoms with E-state index in [0.29, 0.717) is 19.3 Å². The van der Waals surface area contributed by atoms with E-state index in [2.05, 4.69) is 55.6 Å². The van der Waals surface area contributed by atoms with Crippen LogP contribution < -0.4 is 5.32 Å². The summed E-state index contributed by atoms with van der Waals surface area (Å²) in [4.78, 5) is 13.2. The van der Waals surface area contributed by atoms with Crippen LogP contribution >= 0.6 is 0 Å². The molecule has 0 aromatic heterocycles. The zero-order valence-electron chi connectivity index (χ0n) is 51.4. The first-order chi connectivity index (χ1) is 38.7. The molecule has 466 valence electrons. The lowest BCUT2D eigenvalue weighted by Crippen LogP contribution is -2.60. The van der Waals surface area contributed by atoms with Gasteiger partial charge in [0.25, 0.3) is 0 Å². The third-order valence-corrected chi connectivity index (χ3v) is 16.4. The number of nitrogens with one attached hydrogen (secondary N) is 1. The predicted molar refractivity (Wildman–Crippen MR) is 330 cm³/mol. The number of amides is 1. The van der Waals surface area contributed by atoms with Crippen molar-refractivity contribution < 1.29 is 50.0 Å². The number of ether oxygens (including phenoxy) is 2. The van der Waals surface area contributed by atoms with Gasteiger partial charge < -0.3 is 50.5 Å². The molecule has 1 saturated heterocycles. The van der Waals surface area contributed by atoms with Crippen molar-refractivity contribution in [3.05, 3.63) is 36.5 Å². The average Bonchev–Trinajstić information content (AvgIpc) is 3.46. The van der Waals surface area contributed by atoms with E-state index in [-0.39, 0.29) is 12.8 Å². The van der Waals surface area contributed by atoms with Crippen LogP contribution in [0.3, 0.4) is 0 Å². The van der Waals surface area contributed by atoms with Gasteiger partial charge in [-0.05, 0) is 64.2 Å². The van der Waals surface area contributed by atoms with E-state index in [1.54, 1.807) is 0 Å². The van der Waals surface area contributed by atoms with Crippen molar-refractivity contribution in [1.29, 1.82) is 0 Å².